The van der Waals surface area contributed by atoms with Crippen LogP contribution in [0.1, 0.15) is 36.3 Å². The Morgan fingerprint density at radius 3 is 2.85 bits per heavy atom. The second-order valence-corrected chi connectivity index (χ2v) is 5.96. The zero-order valence-electron chi connectivity index (χ0n) is 12.6. The third kappa shape index (κ3) is 2.62. The topological polar surface area (TPSA) is 47.7 Å². The molecule has 2 saturated heterocycles. The minimum Gasteiger partial charge on any atom is -0.382 e. The van der Waals surface area contributed by atoms with Crippen LogP contribution in [0.2, 0.25) is 0 Å². The summed E-state index contributed by atoms with van der Waals surface area (Å²) in [5, 5.41) is 4.05. The van der Waals surface area contributed by atoms with Gasteiger partial charge in [-0.3, -0.25) is 4.90 Å². The van der Waals surface area contributed by atoms with E-state index in [4.69, 9.17) is 14.0 Å². The van der Waals surface area contributed by atoms with Gasteiger partial charge in [-0.05, 0) is 33.1 Å². The molecule has 3 atom stereocenters. The molecule has 3 heterocycles. The highest BCUT2D eigenvalue weighted by atomic mass is 16.5. The summed E-state index contributed by atoms with van der Waals surface area (Å²) in [7, 11) is 1.74. The zero-order valence-corrected chi connectivity index (χ0v) is 12.6. The van der Waals surface area contributed by atoms with E-state index in [0.29, 0.717) is 18.8 Å². The summed E-state index contributed by atoms with van der Waals surface area (Å²) < 4.78 is 16.6. The van der Waals surface area contributed by atoms with Crippen LogP contribution in [0.5, 0.6) is 0 Å². The molecule has 0 aromatic carbocycles. The lowest BCUT2D eigenvalue weighted by Gasteiger charge is -2.35. The number of rotatable bonds is 4. The van der Waals surface area contributed by atoms with Crippen molar-refractivity contribution >= 4 is 0 Å². The number of aryl methyl sites for hydroxylation is 2. The maximum atomic E-state index is 6.15. The van der Waals surface area contributed by atoms with E-state index in [9.17, 15) is 0 Å². The molecule has 0 amide bonds. The molecule has 0 spiro atoms. The van der Waals surface area contributed by atoms with Gasteiger partial charge in [0.2, 0.25) is 0 Å². The van der Waals surface area contributed by atoms with Gasteiger partial charge in [0.05, 0.1) is 24.5 Å². The molecule has 5 nitrogen and oxygen atoms in total. The minimum absolute atomic E-state index is 0.278. The molecule has 112 valence electrons. The van der Waals surface area contributed by atoms with Crippen LogP contribution in [0.15, 0.2) is 4.52 Å². The van der Waals surface area contributed by atoms with Gasteiger partial charge in [-0.2, -0.15) is 0 Å². The lowest BCUT2D eigenvalue weighted by Crippen LogP contribution is -2.43. The molecule has 0 unspecified atom stereocenters. The first-order valence-corrected chi connectivity index (χ1v) is 7.49. The molecule has 2 aliphatic heterocycles. The van der Waals surface area contributed by atoms with Crippen molar-refractivity contribution in [3.05, 3.63) is 17.0 Å². The number of hydrogen-bond acceptors (Lipinski definition) is 5. The van der Waals surface area contributed by atoms with Gasteiger partial charge in [0, 0.05) is 31.8 Å². The summed E-state index contributed by atoms with van der Waals surface area (Å²) in [5.41, 5.74) is 2.25. The predicted molar refractivity (Wildman–Crippen MR) is 74.6 cm³/mol. The standard InChI is InChI=1S/C15H24N2O3/c1-10-13(11(2)20-16-10)8-17-7-6-15-14(17)5-4-12(19-15)9-18-3/h12,14-15H,4-9H2,1-3H3/t12-,14+,15+/m0/s1. The van der Waals surface area contributed by atoms with Crippen LogP contribution < -0.4 is 0 Å². The second kappa shape index (κ2) is 5.84. The van der Waals surface area contributed by atoms with Crippen LogP contribution in [-0.2, 0) is 16.0 Å². The summed E-state index contributed by atoms with van der Waals surface area (Å²) in [6.07, 6.45) is 4.05. The average Bonchev–Trinajstić information content (AvgIpc) is 2.97. The first-order chi connectivity index (χ1) is 9.69. The molecule has 3 rings (SSSR count). The molecule has 2 fully saturated rings. The SMILES string of the molecule is COC[C@@H]1CC[C@@H]2[C@@H](CCN2Cc2c(C)noc2C)O1. The lowest BCUT2D eigenvalue weighted by atomic mass is 9.99. The van der Waals surface area contributed by atoms with Gasteiger partial charge in [-0.25, -0.2) is 0 Å². The van der Waals surface area contributed by atoms with Gasteiger partial charge < -0.3 is 14.0 Å². The van der Waals surface area contributed by atoms with Crippen molar-refractivity contribution in [2.45, 2.75) is 57.9 Å². The Morgan fingerprint density at radius 1 is 1.30 bits per heavy atom. The van der Waals surface area contributed by atoms with Crippen molar-refractivity contribution in [2.75, 3.05) is 20.3 Å². The summed E-state index contributed by atoms with van der Waals surface area (Å²) in [6, 6.07) is 0.539. The number of methoxy groups -OCH3 is 1. The fraction of sp³-hybridized carbons (Fsp3) is 0.800. The Bertz CT molecular complexity index is 440. The van der Waals surface area contributed by atoms with Crippen molar-refractivity contribution < 1.29 is 14.0 Å². The van der Waals surface area contributed by atoms with Gasteiger partial charge in [0.25, 0.3) is 0 Å². The highest BCUT2D eigenvalue weighted by molar-refractivity contribution is 5.21. The van der Waals surface area contributed by atoms with Gasteiger partial charge in [-0.1, -0.05) is 5.16 Å². The maximum Gasteiger partial charge on any atom is 0.138 e. The van der Waals surface area contributed by atoms with Crippen molar-refractivity contribution in [1.82, 2.24) is 10.1 Å². The Morgan fingerprint density at radius 2 is 2.15 bits per heavy atom. The van der Waals surface area contributed by atoms with Crippen LogP contribution in [-0.4, -0.2) is 48.6 Å². The van der Waals surface area contributed by atoms with Gasteiger partial charge >= 0.3 is 0 Å². The highest BCUT2D eigenvalue weighted by Crippen LogP contribution is 2.33. The maximum absolute atomic E-state index is 6.15. The smallest absolute Gasteiger partial charge is 0.138 e. The Kier molecular flexibility index (Phi) is 4.10. The first kappa shape index (κ1) is 14.0. The fourth-order valence-electron chi connectivity index (χ4n) is 3.52. The molecule has 20 heavy (non-hydrogen) atoms. The van der Waals surface area contributed by atoms with Crippen molar-refractivity contribution in [2.24, 2.45) is 0 Å². The monoisotopic (exact) mass is 280 g/mol. The zero-order chi connectivity index (χ0) is 14.1. The summed E-state index contributed by atoms with van der Waals surface area (Å²) >= 11 is 0. The Hall–Kier alpha value is -0.910. The van der Waals surface area contributed by atoms with E-state index in [-0.39, 0.29) is 6.10 Å². The third-order valence-electron chi connectivity index (χ3n) is 4.65. The normalized spacial score (nSPS) is 30.6. The fourth-order valence-corrected chi connectivity index (χ4v) is 3.52. The summed E-state index contributed by atoms with van der Waals surface area (Å²) in [4.78, 5) is 2.53. The molecule has 5 heteroatoms. The van der Waals surface area contributed by atoms with E-state index in [0.717, 1.165) is 37.4 Å². The number of nitrogens with zero attached hydrogens (tertiary/aromatic N) is 2. The van der Waals surface area contributed by atoms with Crippen molar-refractivity contribution in [3.63, 3.8) is 0 Å². The molecule has 1 aromatic rings. The Labute approximate surface area is 120 Å². The first-order valence-electron chi connectivity index (χ1n) is 7.49. The number of ether oxygens (including phenoxy) is 2. The van der Waals surface area contributed by atoms with E-state index in [1.54, 1.807) is 7.11 Å². The molecule has 0 saturated carbocycles. The molecule has 0 bridgehead atoms. The van der Waals surface area contributed by atoms with Gasteiger partial charge in [0.1, 0.15) is 5.76 Å². The second-order valence-electron chi connectivity index (χ2n) is 5.96. The number of fused-ring (bicyclic) bond motifs is 1. The van der Waals surface area contributed by atoms with Crippen molar-refractivity contribution in [1.29, 1.82) is 0 Å². The van der Waals surface area contributed by atoms with E-state index >= 15 is 0 Å². The highest BCUT2D eigenvalue weighted by Gasteiger charge is 2.40. The summed E-state index contributed by atoms with van der Waals surface area (Å²) in [6.45, 7) is 6.76. The van der Waals surface area contributed by atoms with Crippen LogP contribution >= 0.6 is 0 Å². The lowest BCUT2D eigenvalue weighted by molar-refractivity contribution is -0.0939. The Balaban J connectivity index is 1.63. The molecule has 0 radical (unpaired) electrons. The van der Waals surface area contributed by atoms with Crippen molar-refractivity contribution in [3.8, 4) is 0 Å². The van der Waals surface area contributed by atoms with E-state index in [1.165, 1.54) is 12.0 Å². The van der Waals surface area contributed by atoms with Gasteiger partial charge in [-0.15, -0.1) is 0 Å². The van der Waals surface area contributed by atoms with Crippen LogP contribution in [0.3, 0.4) is 0 Å². The number of likely N-dealkylation sites (tertiary alicyclic amines) is 1. The van der Waals surface area contributed by atoms with Crippen LogP contribution in [0.25, 0.3) is 0 Å². The predicted octanol–water partition coefficient (Wildman–Crippen LogP) is 2.06. The minimum atomic E-state index is 0.278. The van der Waals surface area contributed by atoms with E-state index in [2.05, 4.69) is 10.1 Å². The molecule has 2 aliphatic rings. The number of aromatic nitrogens is 1. The average molecular weight is 280 g/mol. The molecule has 1 aromatic heterocycles. The quantitative estimate of drug-likeness (QED) is 0.845. The van der Waals surface area contributed by atoms with Crippen LogP contribution in [0.4, 0.5) is 0 Å². The molecular weight excluding hydrogens is 256 g/mol. The summed E-state index contributed by atoms with van der Waals surface area (Å²) in [5.74, 6) is 0.944. The van der Waals surface area contributed by atoms with E-state index in [1.807, 2.05) is 13.8 Å². The van der Waals surface area contributed by atoms with Gasteiger partial charge in [0.15, 0.2) is 0 Å². The third-order valence-corrected chi connectivity index (χ3v) is 4.65. The largest absolute Gasteiger partial charge is 0.382 e. The molecular formula is C15H24N2O3. The molecule has 0 aliphatic carbocycles. The van der Waals surface area contributed by atoms with Crippen LogP contribution in [0, 0.1) is 13.8 Å². The molecule has 0 N–H and O–H groups in total. The number of hydrogen-bond donors (Lipinski definition) is 0. The van der Waals surface area contributed by atoms with E-state index < -0.39 is 0 Å².